The molecule has 0 radical (unpaired) electrons. The third kappa shape index (κ3) is 13.9. The van der Waals surface area contributed by atoms with Gasteiger partial charge in [0.1, 0.15) is 13.1 Å². The molecule has 0 aromatic rings. The van der Waals surface area contributed by atoms with E-state index in [2.05, 4.69) is 24.5 Å². The lowest BCUT2D eigenvalue weighted by atomic mass is 10.2. The lowest BCUT2D eigenvalue weighted by Crippen LogP contribution is -2.94. The van der Waals surface area contributed by atoms with Crippen LogP contribution in [0.25, 0.3) is 0 Å². The maximum atomic E-state index is 2.48. The van der Waals surface area contributed by atoms with Gasteiger partial charge in [0.15, 0.2) is 0 Å². The van der Waals surface area contributed by atoms with Gasteiger partial charge in [-0.3, -0.25) is 0 Å². The van der Waals surface area contributed by atoms with E-state index in [4.69, 9.17) is 0 Å². The minimum Gasteiger partial charge on any atom is -0.342 e. The van der Waals surface area contributed by atoms with Crippen molar-refractivity contribution in [3.8, 4) is 0 Å². The van der Waals surface area contributed by atoms with E-state index in [-0.39, 0.29) is 0 Å². The Bertz CT molecular complexity index is 101. The summed E-state index contributed by atoms with van der Waals surface area (Å²) in [6.07, 6.45) is 11.2. The number of nitrogens with two attached hydrogens (primary N) is 2. The molecule has 2 nitrogen and oxygen atoms in total. The average molecular weight is 230 g/mol. The van der Waals surface area contributed by atoms with E-state index in [0.29, 0.717) is 0 Å². The molecule has 0 unspecified atom stereocenters. The van der Waals surface area contributed by atoms with Gasteiger partial charge in [0, 0.05) is 0 Å². The van der Waals surface area contributed by atoms with E-state index in [0.717, 1.165) is 0 Å². The molecule has 0 aliphatic rings. The quantitative estimate of drug-likeness (QED) is 0.447. The van der Waals surface area contributed by atoms with Crippen LogP contribution in [0.2, 0.25) is 0 Å². The Morgan fingerprint density at radius 2 is 0.938 bits per heavy atom. The molecule has 0 amide bonds. The van der Waals surface area contributed by atoms with Gasteiger partial charge in [-0.15, -0.1) is 0 Å². The van der Waals surface area contributed by atoms with Crippen LogP contribution in [0.5, 0.6) is 0 Å². The molecule has 0 spiro atoms. The minimum atomic E-state index is 1.31. The lowest BCUT2D eigenvalue weighted by molar-refractivity contribution is -0.723. The van der Waals surface area contributed by atoms with Gasteiger partial charge >= 0.3 is 0 Å². The van der Waals surface area contributed by atoms with E-state index < -0.39 is 0 Å². The lowest BCUT2D eigenvalue weighted by Gasteiger charge is -2.02. The molecular formula is C14H34N2+2. The molecule has 0 heterocycles. The first kappa shape index (κ1) is 15.9. The first-order chi connectivity index (χ1) is 7.91. The highest BCUT2D eigenvalue weighted by Crippen LogP contribution is 1.95. The zero-order valence-corrected chi connectivity index (χ0v) is 11.6. The fourth-order valence-corrected chi connectivity index (χ4v) is 1.96. The van der Waals surface area contributed by atoms with Crippen LogP contribution in [0.4, 0.5) is 0 Å². The summed E-state index contributed by atoms with van der Waals surface area (Å²) in [5, 5.41) is 4.97. The van der Waals surface area contributed by atoms with Crippen LogP contribution in [-0.2, 0) is 0 Å². The normalized spacial score (nSPS) is 10.9. The zero-order valence-electron chi connectivity index (χ0n) is 11.6. The van der Waals surface area contributed by atoms with Crippen LogP contribution in [-0.4, -0.2) is 26.2 Å². The SMILES string of the molecule is CCCCCC[NH2+]CC[NH2+]CCCCCC. The molecule has 4 N–H and O–H groups in total. The van der Waals surface area contributed by atoms with E-state index in [1.54, 1.807) is 0 Å². The van der Waals surface area contributed by atoms with Crippen LogP contribution in [0.15, 0.2) is 0 Å². The van der Waals surface area contributed by atoms with Crippen molar-refractivity contribution in [2.75, 3.05) is 26.2 Å². The summed E-state index contributed by atoms with van der Waals surface area (Å²) >= 11 is 0. The second-order valence-electron chi connectivity index (χ2n) is 4.85. The van der Waals surface area contributed by atoms with Crippen molar-refractivity contribution >= 4 is 0 Å². The fourth-order valence-electron chi connectivity index (χ4n) is 1.96. The second-order valence-corrected chi connectivity index (χ2v) is 4.85. The summed E-state index contributed by atoms with van der Waals surface area (Å²) in [4.78, 5) is 0. The van der Waals surface area contributed by atoms with Crippen LogP contribution in [0, 0.1) is 0 Å². The average Bonchev–Trinajstić information content (AvgIpc) is 2.31. The van der Waals surface area contributed by atoms with Crippen LogP contribution < -0.4 is 10.6 Å². The standard InChI is InChI=1S/C14H32N2/c1-3-5-7-9-11-15-13-14-16-12-10-8-6-4-2/h15-16H,3-14H2,1-2H3/p+2. The molecule has 0 saturated heterocycles. The highest BCUT2D eigenvalue weighted by Gasteiger charge is 1.94. The zero-order chi connectivity index (χ0) is 11.9. The van der Waals surface area contributed by atoms with Gasteiger partial charge in [-0.1, -0.05) is 39.5 Å². The van der Waals surface area contributed by atoms with E-state index in [1.165, 1.54) is 77.5 Å². The smallest absolute Gasteiger partial charge is 0.125 e. The molecule has 98 valence electrons. The Morgan fingerprint density at radius 3 is 1.31 bits per heavy atom. The number of hydrogen-bond donors (Lipinski definition) is 2. The van der Waals surface area contributed by atoms with Gasteiger partial charge in [-0.2, -0.15) is 0 Å². The summed E-state index contributed by atoms with van der Waals surface area (Å²) in [5.74, 6) is 0. The van der Waals surface area contributed by atoms with Gasteiger partial charge in [0.05, 0.1) is 13.1 Å². The Hall–Kier alpha value is -0.0800. The molecule has 0 fully saturated rings. The van der Waals surface area contributed by atoms with E-state index in [9.17, 15) is 0 Å². The molecule has 0 rings (SSSR count). The van der Waals surface area contributed by atoms with Crippen LogP contribution in [0.3, 0.4) is 0 Å². The fraction of sp³-hybridized carbons (Fsp3) is 1.00. The largest absolute Gasteiger partial charge is 0.342 e. The van der Waals surface area contributed by atoms with Crippen molar-refractivity contribution in [3.05, 3.63) is 0 Å². The van der Waals surface area contributed by atoms with Crippen molar-refractivity contribution in [1.29, 1.82) is 0 Å². The number of hydrogen-bond acceptors (Lipinski definition) is 0. The predicted octanol–water partition coefficient (Wildman–Crippen LogP) is 1.27. The monoisotopic (exact) mass is 230 g/mol. The predicted molar refractivity (Wildman–Crippen MR) is 71.6 cm³/mol. The minimum absolute atomic E-state index is 1.31. The highest BCUT2D eigenvalue weighted by atomic mass is 14.9. The first-order valence-corrected chi connectivity index (χ1v) is 7.55. The van der Waals surface area contributed by atoms with Crippen LogP contribution >= 0.6 is 0 Å². The summed E-state index contributed by atoms with van der Waals surface area (Å²) in [7, 11) is 0. The Balaban J connectivity index is 2.83. The third-order valence-corrected chi connectivity index (χ3v) is 3.10. The summed E-state index contributed by atoms with van der Waals surface area (Å²) in [5.41, 5.74) is 0. The topological polar surface area (TPSA) is 33.2 Å². The third-order valence-electron chi connectivity index (χ3n) is 3.10. The summed E-state index contributed by atoms with van der Waals surface area (Å²) in [6, 6.07) is 0. The molecule has 0 atom stereocenters. The van der Waals surface area contributed by atoms with Gasteiger partial charge in [0.2, 0.25) is 0 Å². The molecule has 0 aromatic heterocycles. The molecule has 0 aliphatic heterocycles. The van der Waals surface area contributed by atoms with Crippen molar-refractivity contribution in [2.24, 2.45) is 0 Å². The summed E-state index contributed by atoms with van der Waals surface area (Å²) in [6.45, 7) is 9.83. The Morgan fingerprint density at radius 1 is 0.500 bits per heavy atom. The molecule has 16 heavy (non-hydrogen) atoms. The first-order valence-electron chi connectivity index (χ1n) is 7.55. The van der Waals surface area contributed by atoms with E-state index >= 15 is 0 Å². The molecule has 0 aliphatic carbocycles. The van der Waals surface area contributed by atoms with Gasteiger partial charge in [0.25, 0.3) is 0 Å². The van der Waals surface area contributed by atoms with Gasteiger partial charge in [-0.05, 0) is 25.7 Å². The number of rotatable bonds is 13. The number of unbranched alkanes of at least 4 members (excludes halogenated alkanes) is 6. The van der Waals surface area contributed by atoms with Crippen molar-refractivity contribution in [2.45, 2.75) is 65.2 Å². The maximum absolute atomic E-state index is 2.48. The van der Waals surface area contributed by atoms with E-state index in [1.807, 2.05) is 0 Å². The number of quaternary nitrogens is 2. The highest BCUT2D eigenvalue weighted by molar-refractivity contribution is 4.37. The maximum Gasteiger partial charge on any atom is 0.125 e. The second kappa shape index (κ2) is 14.9. The van der Waals surface area contributed by atoms with Gasteiger partial charge < -0.3 is 10.6 Å². The van der Waals surface area contributed by atoms with Crippen molar-refractivity contribution in [1.82, 2.24) is 0 Å². The van der Waals surface area contributed by atoms with Crippen molar-refractivity contribution < 1.29 is 10.6 Å². The van der Waals surface area contributed by atoms with Gasteiger partial charge in [-0.25, -0.2) is 0 Å². The van der Waals surface area contributed by atoms with Crippen LogP contribution in [0.1, 0.15) is 65.2 Å². The molecule has 2 heteroatoms. The molecule has 0 saturated carbocycles. The molecule has 0 aromatic carbocycles. The Labute approximate surface area is 103 Å². The van der Waals surface area contributed by atoms with Crippen molar-refractivity contribution in [3.63, 3.8) is 0 Å². The summed E-state index contributed by atoms with van der Waals surface area (Å²) < 4.78 is 0. The molecule has 0 bridgehead atoms. The Kier molecular flexibility index (Phi) is 14.8. The molecular weight excluding hydrogens is 196 g/mol.